The number of aliphatic imine (C=N–C) groups is 1. The minimum Gasteiger partial charge on any atom is -0.446 e. The summed E-state index contributed by atoms with van der Waals surface area (Å²) in [7, 11) is -4.85. The molecule has 0 unspecified atom stereocenters. The normalized spacial score (nSPS) is 32.5. The zero-order valence-electron chi connectivity index (χ0n) is 13.0. The molecule has 3 rings (SSSR count). The number of guanidine groups is 2. The first-order chi connectivity index (χ1) is 11.9. The van der Waals surface area contributed by atoms with Gasteiger partial charge in [0, 0.05) is 13.0 Å². The van der Waals surface area contributed by atoms with Crippen LogP contribution in [0, 0.1) is 5.41 Å². The van der Waals surface area contributed by atoms with Crippen molar-refractivity contribution in [3.05, 3.63) is 0 Å². The first kappa shape index (κ1) is 18.4. The Morgan fingerprint density at radius 2 is 2.19 bits per heavy atom. The summed E-state index contributed by atoms with van der Waals surface area (Å²) in [5, 5.41) is 42.1. The topological polar surface area (TPSA) is 234 Å². The summed E-state index contributed by atoms with van der Waals surface area (Å²) < 4.78 is 35.5. The van der Waals surface area contributed by atoms with Gasteiger partial charge in [-0.3, -0.25) is 15.2 Å². The fraction of sp³-hybridized carbons (Fsp3) is 0.700. The highest BCUT2D eigenvalue weighted by molar-refractivity contribution is 7.84. The number of hydrogen-bond donors (Lipinski definition) is 8. The molecule has 0 aromatic rings. The van der Waals surface area contributed by atoms with Crippen LogP contribution in [0.15, 0.2) is 4.99 Å². The minimum absolute atomic E-state index is 0.00792. The second-order valence-electron chi connectivity index (χ2n) is 5.98. The van der Waals surface area contributed by atoms with Crippen LogP contribution in [0.2, 0.25) is 0 Å². The van der Waals surface area contributed by atoms with Crippen molar-refractivity contribution in [2.75, 3.05) is 13.2 Å². The Morgan fingerprint density at radius 1 is 1.54 bits per heavy atom. The van der Waals surface area contributed by atoms with Crippen LogP contribution in [0.25, 0.3) is 0 Å². The summed E-state index contributed by atoms with van der Waals surface area (Å²) in [6.45, 7) is -0.721. The van der Waals surface area contributed by atoms with Crippen LogP contribution in [0.1, 0.15) is 6.42 Å². The molecular formula is C10H17N7O8S. The molecule has 1 amide bonds. The molecule has 0 aliphatic carbocycles. The van der Waals surface area contributed by atoms with Crippen molar-refractivity contribution in [2.24, 2.45) is 10.7 Å². The smallest absolute Gasteiger partial charge is 0.422 e. The highest BCUT2D eigenvalue weighted by atomic mass is 32.2. The maximum atomic E-state index is 11.4. The van der Waals surface area contributed by atoms with E-state index < -0.39 is 52.5 Å². The average molecular weight is 395 g/mol. The van der Waals surface area contributed by atoms with Gasteiger partial charge in [-0.25, -0.2) is 14.9 Å². The molecule has 146 valence electrons. The summed E-state index contributed by atoms with van der Waals surface area (Å²) >= 11 is 0. The fourth-order valence-electron chi connectivity index (χ4n) is 3.47. The molecule has 9 N–H and O–H groups in total. The van der Waals surface area contributed by atoms with E-state index >= 15 is 0 Å². The third-order valence-electron chi connectivity index (χ3n) is 4.49. The van der Waals surface area contributed by atoms with E-state index in [4.69, 9.17) is 15.7 Å². The Labute approximate surface area is 146 Å². The molecule has 3 aliphatic rings. The number of rotatable bonds is 3. The number of hydroxylamine groups is 2. The predicted molar refractivity (Wildman–Crippen MR) is 80.9 cm³/mol. The number of aliphatic hydroxyl groups is 2. The SMILES string of the molecule is N=C1N(O)[C@@H](COC(=O)NS(=O)(=O)O)[C@H]2N=C(N)N[C@]23N1CCC3(O)O. The number of carbonyl (C=O) groups excluding carboxylic acids is 1. The Kier molecular flexibility index (Phi) is 3.92. The third-order valence-corrected chi connectivity index (χ3v) is 4.92. The lowest BCUT2D eigenvalue weighted by atomic mass is 9.86. The number of nitrogens with one attached hydrogen (secondary N) is 3. The van der Waals surface area contributed by atoms with Crippen LogP contribution in [-0.4, -0.2) is 93.1 Å². The van der Waals surface area contributed by atoms with Gasteiger partial charge >= 0.3 is 16.4 Å². The van der Waals surface area contributed by atoms with Crippen LogP contribution in [0.3, 0.4) is 0 Å². The van der Waals surface area contributed by atoms with Gasteiger partial charge < -0.3 is 30.9 Å². The number of carbonyl (C=O) groups is 1. The number of hydrogen-bond acceptors (Lipinski definition) is 11. The zero-order valence-corrected chi connectivity index (χ0v) is 13.8. The van der Waals surface area contributed by atoms with E-state index in [1.54, 1.807) is 0 Å². The van der Waals surface area contributed by atoms with E-state index in [1.807, 2.05) is 0 Å². The molecular weight excluding hydrogens is 378 g/mol. The van der Waals surface area contributed by atoms with Gasteiger partial charge in [-0.05, 0) is 0 Å². The molecule has 3 atom stereocenters. The monoisotopic (exact) mass is 395 g/mol. The quantitative estimate of drug-likeness (QED) is 0.168. The van der Waals surface area contributed by atoms with Gasteiger partial charge in [-0.2, -0.15) is 13.1 Å². The van der Waals surface area contributed by atoms with Crippen LogP contribution >= 0.6 is 0 Å². The van der Waals surface area contributed by atoms with E-state index in [9.17, 15) is 28.6 Å². The molecule has 0 aromatic heterocycles. The highest BCUT2D eigenvalue weighted by Gasteiger charge is 2.71. The van der Waals surface area contributed by atoms with E-state index in [0.29, 0.717) is 5.06 Å². The zero-order chi connectivity index (χ0) is 19.5. The Bertz CT molecular complexity index is 784. The summed E-state index contributed by atoms with van der Waals surface area (Å²) in [4.78, 5) is 16.6. The molecule has 0 aromatic carbocycles. The van der Waals surface area contributed by atoms with Crippen molar-refractivity contribution >= 4 is 28.3 Å². The Hall–Kier alpha value is -2.40. The van der Waals surface area contributed by atoms with Gasteiger partial charge in [0.1, 0.15) is 18.7 Å². The first-order valence-corrected chi connectivity index (χ1v) is 8.65. The number of amides is 1. The molecule has 3 heterocycles. The lowest BCUT2D eigenvalue weighted by Gasteiger charge is -2.52. The summed E-state index contributed by atoms with van der Waals surface area (Å²) in [6.07, 6.45) is -1.73. The van der Waals surface area contributed by atoms with E-state index in [1.165, 1.54) is 0 Å². The number of ether oxygens (including phenoxy) is 1. The van der Waals surface area contributed by atoms with Crippen molar-refractivity contribution < 1.29 is 37.9 Å². The Balaban J connectivity index is 1.88. The van der Waals surface area contributed by atoms with Crippen LogP contribution in [0.5, 0.6) is 0 Å². The first-order valence-electron chi connectivity index (χ1n) is 7.21. The van der Waals surface area contributed by atoms with Crippen LogP contribution in [0.4, 0.5) is 4.79 Å². The molecule has 2 fully saturated rings. The minimum atomic E-state index is -4.85. The maximum absolute atomic E-state index is 11.4. The summed E-state index contributed by atoms with van der Waals surface area (Å²) in [6, 6.07) is -2.51. The van der Waals surface area contributed by atoms with Crippen molar-refractivity contribution in [2.45, 2.75) is 30.0 Å². The maximum Gasteiger partial charge on any atom is 0.422 e. The van der Waals surface area contributed by atoms with Crippen LogP contribution < -0.4 is 15.8 Å². The van der Waals surface area contributed by atoms with Crippen molar-refractivity contribution in [3.63, 3.8) is 0 Å². The Morgan fingerprint density at radius 3 is 2.81 bits per heavy atom. The molecule has 16 heteroatoms. The average Bonchev–Trinajstić information content (AvgIpc) is 2.96. The second-order valence-corrected chi connectivity index (χ2v) is 7.13. The molecule has 0 saturated carbocycles. The van der Waals surface area contributed by atoms with Gasteiger partial charge in [0.2, 0.25) is 11.7 Å². The standard InChI is InChI=1S/C10H17N7O8S/c11-6-13-5-4(3-25-8(18)15-26(22,23)24)17(21)7(12)16-2-1-9(19,20)10(5,16)14-6/h4-5,12,19-21H,1-3H2,(H,15,18)(H3,11,13,14)(H,22,23,24)/t4-,5+,10-/m0/s1. The third kappa shape index (κ3) is 2.58. The summed E-state index contributed by atoms with van der Waals surface area (Å²) in [5.74, 6) is -3.11. The van der Waals surface area contributed by atoms with Gasteiger partial charge in [0.05, 0.1) is 0 Å². The van der Waals surface area contributed by atoms with E-state index in [2.05, 4.69) is 15.0 Å². The highest BCUT2D eigenvalue weighted by Crippen LogP contribution is 2.45. The number of nitrogens with zero attached hydrogens (tertiary/aromatic N) is 3. The lowest BCUT2D eigenvalue weighted by molar-refractivity contribution is -0.241. The van der Waals surface area contributed by atoms with Gasteiger partial charge in [-0.15, -0.1) is 0 Å². The second kappa shape index (κ2) is 5.55. The molecule has 0 bridgehead atoms. The van der Waals surface area contributed by atoms with E-state index in [0.717, 1.165) is 9.62 Å². The summed E-state index contributed by atoms with van der Waals surface area (Å²) in [5.41, 5.74) is 3.87. The van der Waals surface area contributed by atoms with E-state index in [-0.39, 0.29) is 18.9 Å². The lowest BCUT2D eigenvalue weighted by Crippen LogP contribution is -2.80. The largest absolute Gasteiger partial charge is 0.446 e. The molecule has 26 heavy (non-hydrogen) atoms. The van der Waals surface area contributed by atoms with Gasteiger partial charge in [-0.1, -0.05) is 0 Å². The van der Waals surface area contributed by atoms with Crippen molar-refractivity contribution in [1.29, 1.82) is 5.41 Å². The fourth-order valence-corrected chi connectivity index (χ4v) is 3.74. The molecule has 15 nitrogen and oxygen atoms in total. The van der Waals surface area contributed by atoms with Crippen molar-refractivity contribution in [3.8, 4) is 0 Å². The predicted octanol–water partition coefficient (Wildman–Crippen LogP) is -4.11. The van der Waals surface area contributed by atoms with Crippen molar-refractivity contribution in [1.82, 2.24) is 20.0 Å². The molecule has 3 aliphatic heterocycles. The molecule has 0 radical (unpaired) electrons. The van der Waals surface area contributed by atoms with Gasteiger partial charge in [0.25, 0.3) is 0 Å². The number of nitrogens with two attached hydrogens (primary N) is 1. The molecule has 2 saturated heterocycles. The van der Waals surface area contributed by atoms with Crippen LogP contribution in [-0.2, 0) is 15.0 Å². The molecule has 1 spiro atoms. The van der Waals surface area contributed by atoms with Gasteiger partial charge in [0.15, 0.2) is 11.6 Å².